The Morgan fingerprint density at radius 3 is 2.57 bits per heavy atom. The fourth-order valence-corrected chi connectivity index (χ4v) is 3.52. The molecule has 1 aliphatic heterocycles. The predicted octanol–water partition coefficient (Wildman–Crippen LogP) is 3.28. The van der Waals surface area contributed by atoms with Gasteiger partial charge >= 0.3 is 0 Å². The van der Waals surface area contributed by atoms with E-state index in [1.54, 1.807) is 0 Å². The zero-order valence-corrected chi connectivity index (χ0v) is 16.0. The average Bonchev–Trinajstić information content (AvgIpc) is 3.18. The maximum Gasteiger partial charge on any atom is 0.235 e. The largest absolute Gasteiger partial charge is 0.419 e. The van der Waals surface area contributed by atoms with Crippen LogP contribution < -0.4 is 4.90 Å². The Hall–Kier alpha value is -3.17. The Balaban J connectivity index is 1.42. The fraction of sp³-hybridized carbons (Fsp3) is 0.318. The van der Waals surface area contributed by atoms with Gasteiger partial charge in [0.1, 0.15) is 6.07 Å². The van der Waals surface area contributed by atoms with Gasteiger partial charge in [-0.25, -0.2) is 0 Å². The molecule has 0 radical (unpaired) electrons. The van der Waals surface area contributed by atoms with E-state index >= 15 is 0 Å². The lowest BCUT2D eigenvalue weighted by atomic mass is 10.1. The second-order valence-corrected chi connectivity index (χ2v) is 7.00. The number of nitriles is 1. The van der Waals surface area contributed by atoms with Crippen LogP contribution in [0.15, 0.2) is 53.1 Å². The first-order valence-corrected chi connectivity index (χ1v) is 9.59. The van der Waals surface area contributed by atoms with Crippen molar-refractivity contribution in [1.29, 1.82) is 5.26 Å². The van der Waals surface area contributed by atoms with Crippen molar-refractivity contribution in [2.45, 2.75) is 13.3 Å². The number of hydrogen-bond donors (Lipinski definition) is 0. The number of anilines is 1. The molecule has 0 N–H and O–H groups in total. The number of rotatable bonds is 5. The Kier molecular flexibility index (Phi) is 5.36. The van der Waals surface area contributed by atoms with Crippen molar-refractivity contribution in [3.8, 4) is 17.5 Å². The highest BCUT2D eigenvalue weighted by atomic mass is 16.4. The predicted molar refractivity (Wildman–Crippen MR) is 108 cm³/mol. The van der Waals surface area contributed by atoms with Crippen LogP contribution in [0.4, 0.5) is 5.88 Å². The molecule has 1 aromatic carbocycles. The van der Waals surface area contributed by atoms with Crippen LogP contribution >= 0.6 is 0 Å². The van der Waals surface area contributed by atoms with Gasteiger partial charge in [-0.05, 0) is 30.7 Å². The van der Waals surface area contributed by atoms with E-state index in [9.17, 15) is 5.26 Å². The number of oxazole rings is 1. The van der Waals surface area contributed by atoms with Gasteiger partial charge in [-0.15, -0.1) is 0 Å². The summed E-state index contributed by atoms with van der Waals surface area (Å²) in [5.74, 6) is 1.10. The summed E-state index contributed by atoms with van der Waals surface area (Å²) in [5, 5.41) is 9.52. The number of hydrogen-bond acceptors (Lipinski definition) is 6. The van der Waals surface area contributed by atoms with Gasteiger partial charge in [-0.3, -0.25) is 9.88 Å². The second kappa shape index (κ2) is 8.24. The van der Waals surface area contributed by atoms with E-state index in [-0.39, 0.29) is 0 Å². The van der Waals surface area contributed by atoms with Gasteiger partial charge in [0.25, 0.3) is 0 Å². The molecule has 1 saturated heterocycles. The monoisotopic (exact) mass is 373 g/mol. The van der Waals surface area contributed by atoms with E-state index in [1.807, 2.05) is 49.5 Å². The van der Waals surface area contributed by atoms with E-state index in [0.29, 0.717) is 17.5 Å². The van der Waals surface area contributed by atoms with Crippen molar-refractivity contribution in [3.05, 3.63) is 65.6 Å². The quantitative estimate of drug-likeness (QED) is 0.684. The zero-order valence-electron chi connectivity index (χ0n) is 16.0. The molecule has 6 nitrogen and oxygen atoms in total. The molecule has 0 saturated carbocycles. The number of pyridine rings is 1. The van der Waals surface area contributed by atoms with Gasteiger partial charge in [0, 0.05) is 56.6 Å². The fourth-order valence-electron chi connectivity index (χ4n) is 3.52. The molecular formula is C22H23N5O. The average molecular weight is 373 g/mol. The molecule has 0 bridgehead atoms. The summed E-state index contributed by atoms with van der Waals surface area (Å²) in [5.41, 5.74) is 3.49. The summed E-state index contributed by atoms with van der Waals surface area (Å²) >= 11 is 0. The molecule has 142 valence electrons. The Morgan fingerprint density at radius 1 is 1.07 bits per heavy atom. The third-order valence-electron chi connectivity index (χ3n) is 5.16. The van der Waals surface area contributed by atoms with E-state index in [2.05, 4.69) is 31.9 Å². The highest BCUT2D eigenvalue weighted by molar-refractivity contribution is 5.62. The molecular weight excluding hydrogens is 350 g/mol. The molecule has 2 aromatic heterocycles. The number of benzene rings is 1. The van der Waals surface area contributed by atoms with Crippen molar-refractivity contribution in [1.82, 2.24) is 14.9 Å². The Bertz CT molecular complexity index is 968. The summed E-state index contributed by atoms with van der Waals surface area (Å²) in [6, 6.07) is 16.2. The van der Waals surface area contributed by atoms with Crippen LogP contribution in [0.3, 0.4) is 0 Å². The van der Waals surface area contributed by atoms with E-state index < -0.39 is 0 Å². The summed E-state index contributed by atoms with van der Waals surface area (Å²) < 4.78 is 6.04. The minimum atomic E-state index is 0.361. The van der Waals surface area contributed by atoms with Gasteiger partial charge in [-0.2, -0.15) is 10.2 Å². The third-order valence-corrected chi connectivity index (χ3v) is 5.16. The molecule has 0 amide bonds. The first-order valence-electron chi connectivity index (χ1n) is 9.59. The molecule has 3 aromatic rings. The first-order chi connectivity index (χ1) is 13.7. The number of nitrogens with zero attached hydrogens (tertiary/aromatic N) is 5. The summed E-state index contributed by atoms with van der Waals surface area (Å²) in [4.78, 5) is 13.4. The van der Waals surface area contributed by atoms with E-state index in [1.165, 1.54) is 0 Å². The maximum atomic E-state index is 9.52. The van der Waals surface area contributed by atoms with Crippen molar-refractivity contribution in [2.24, 2.45) is 0 Å². The van der Waals surface area contributed by atoms with Gasteiger partial charge in [0.15, 0.2) is 0 Å². The van der Waals surface area contributed by atoms with Crippen LogP contribution in [0, 0.1) is 18.3 Å². The van der Waals surface area contributed by atoms with E-state index in [4.69, 9.17) is 4.42 Å². The smallest absolute Gasteiger partial charge is 0.235 e. The van der Waals surface area contributed by atoms with Gasteiger partial charge < -0.3 is 9.32 Å². The van der Waals surface area contributed by atoms with Crippen LogP contribution in [-0.2, 0) is 6.42 Å². The first kappa shape index (κ1) is 18.2. The molecule has 6 heteroatoms. The number of piperazine rings is 1. The molecule has 0 atom stereocenters. The van der Waals surface area contributed by atoms with E-state index in [0.717, 1.165) is 56.0 Å². The molecule has 0 aliphatic carbocycles. The van der Waals surface area contributed by atoms with Crippen LogP contribution in [0.25, 0.3) is 11.5 Å². The number of aromatic nitrogens is 2. The third kappa shape index (κ3) is 3.90. The molecule has 0 unspecified atom stereocenters. The summed E-state index contributed by atoms with van der Waals surface area (Å²) in [7, 11) is 0. The standard InChI is InChI=1S/C22H23N5O/c1-17-6-2-3-8-19(17)21-25-20(16-23)22(28-21)27-14-12-26(13-15-27)11-9-18-7-4-5-10-24-18/h2-8,10H,9,11-15H2,1H3. The summed E-state index contributed by atoms with van der Waals surface area (Å²) in [6.45, 7) is 6.50. The SMILES string of the molecule is Cc1ccccc1-c1nc(C#N)c(N2CCN(CCc3ccccn3)CC2)o1. The molecule has 1 fully saturated rings. The van der Waals surface area contributed by atoms with Crippen LogP contribution in [0.1, 0.15) is 17.0 Å². The zero-order chi connectivity index (χ0) is 19.3. The second-order valence-electron chi connectivity index (χ2n) is 7.00. The number of aryl methyl sites for hydroxylation is 1. The van der Waals surface area contributed by atoms with Crippen molar-refractivity contribution < 1.29 is 4.42 Å². The molecule has 4 rings (SSSR count). The molecule has 3 heterocycles. The lowest BCUT2D eigenvalue weighted by Gasteiger charge is -2.34. The van der Waals surface area contributed by atoms with Crippen molar-refractivity contribution in [3.63, 3.8) is 0 Å². The lowest BCUT2D eigenvalue weighted by molar-refractivity contribution is 0.256. The van der Waals surface area contributed by atoms with Crippen molar-refractivity contribution >= 4 is 5.88 Å². The van der Waals surface area contributed by atoms with Crippen LogP contribution in [-0.4, -0.2) is 47.6 Å². The minimum Gasteiger partial charge on any atom is -0.419 e. The van der Waals surface area contributed by atoms with Crippen LogP contribution in [0.5, 0.6) is 0 Å². The van der Waals surface area contributed by atoms with Gasteiger partial charge in [0.2, 0.25) is 17.5 Å². The van der Waals surface area contributed by atoms with Crippen LogP contribution in [0.2, 0.25) is 0 Å². The Labute approximate surface area is 165 Å². The van der Waals surface area contributed by atoms with Gasteiger partial charge in [-0.1, -0.05) is 24.3 Å². The Morgan fingerprint density at radius 2 is 1.86 bits per heavy atom. The van der Waals surface area contributed by atoms with Crippen molar-refractivity contribution in [2.75, 3.05) is 37.6 Å². The highest BCUT2D eigenvalue weighted by Crippen LogP contribution is 2.30. The topological polar surface area (TPSA) is 69.2 Å². The lowest BCUT2D eigenvalue weighted by Crippen LogP contribution is -2.47. The minimum absolute atomic E-state index is 0.361. The highest BCUT2D eigenvalue weighted by Gasteiger charge is 2.24. The normalized spacial score (nSPS) is 14.8. The molecule has 1 aliphatic rings. The molecule has 0 spiro atoms. The maximum absolute atomic E-state index is 9.52. The summed E-state index contributed by atoms with van der Waals surface area (Å²) in [6.07, 6.45) is 2.79. The van der Waals surface area contributed by atoms with Gasteiger partial charge in [0.05, 0.1) is 0 Å². The molecule has 28 heavy (non-hydrogen) atoms.